The van der Waals surface area contributed by atoms with E-state index < -0.39 is 41.4 Å². The second-order valence-electron chi connectivity index (χ2n) is 9.19. The maximum absolute atomic E-state index is 15.5. The van der Waals surface area contributed by atoms with Crippen molar-refractivity contribution in [3.63, 3.8) is 0 Å². The molecule has 4 N–H and O–H groups in total. The molecular weight excluding hydrogens is 401 g/mol. The zero-order chi connectivity index (χ0) is 21.5. The third kappa shape index (κ3) is 2.72. The fourth-order valence-electron chi connectivity index (χ4n) is 5.67. The topological polar surface area (TPSA) is 104 Å². The van der Waals surface area contributed by atoms with Crippen LogP contribution < -0.4 is 27.6 Å². The van der Waals surface area contributed by atoms with Gasteiger partial charge in [-0.1, -0.05) is 0 Å². The molecule has 1 saturated heterocycles. The largest absolute Gasteiger partial charge is 0.399 e. The van der Waals surface area contributed by atoms with Crippen LogP contribution >= 0.6 is 0 Å². The third-order valence-electron chi connectivity index (χ3n) is 7.34. The van der Waals surface area contributed by atoms with E-state index in [9.17, 15) is 23.5 Å². The Bertz CT molecular complexity index is 1140. The number of alkyl halides is 3. The molecule has 7 nitrogen and oxygen atoms in total. The molecule has 30 heavy (non-hydrogen) atoms. The van der Waals surface area contributed by atoms with Gasteiger partial charge in [-0.25, -0.2) is 18.0 Å². The average molecular weight is 426 g/mol. The first-order valence-electron chi connectivity index (χ1n) is 10.4. The Balaban J connectivity index is 1.63. The summed E-state index contributed by atoms with van der Waals surface area (Å²) in [7, 11) is 0. The number of nitrogens with one attached hydrogen (secondary N) is 1. The summed E-state index contributed by atoms with van der Waals surface area (Å²) >= 11 is 0. The number of H-pyrrole nitrogens is 1. The van der Waals surface area contributed by atoms with Gasteiger partial charge in [-0.2, -0.15) is 0 Å². The second-order valence-corrected chi connectivity index (χ2v) is 9.19. The number of likely N-dealkylation sites (tertiary alicyclic amines) is 1. The number of aliphatic hydroxyl groups excluding tert-OH is 1. The summed E-state index contributed by atoms with van der Waals surface area (Å²) in [5.41, 5.74) is 5.07. The van der Waals surface area contributed by atoms with Gasteiger partial charge in [0.15, 0.2) is 6.17 Å². The van der Waals surface area contributed by atoms with Crippen molar-refractivity contribution >= 4 is 11.3 Å². The summed E-state index contributed by atoms with van der Waals surface area (Å²) in [5, 5.41) is 10.5. The molecule has 0 spiro atoms. The van der Waals surface area contributed by atoms with Crippen LogP contribution in [-0.2, 0) is 0 Å². The quantitative estimate of drug-likeness (QED) is 0.573. The number of fused-ring (bicyclic) bond motifs is 2. The highest BCUT2D eigenvalue weighted by molar-refractivity contribution is 5.62. The zero-order valence-electron chi connectivity index (χ0n) is 16.6. The number of aliphatic hydroxyl groups is 1. The first-order chi connectivity index (χ1) is 14.1. The van der Waals surface area contributed by atoms with Gasteiger partial charge in [-0.3, -0.25) is 19.2 Å². The van der Waals surface area contributed by atoms with Gasteiger partial charge < -0.3 is 10.8 Å². The first kappa shape index (κ1) is 19.9. The predicted octanol–water partition coefficient (Wildman–Crippen LogP) is -0.833. The van der Waals surface area contributed by atoms with Gasteiger partial charge in [-0.15, -0.1) is 0 Å². The fourth-order valence-corrected chi connectivity index (χ4v) is 5.67. The van der Waals surface area contributed by atoms with Crippen molar-refractivity contribution in [1.82, 2.24) is 14.5 Å². The molecule has 0 aromatic carbocycles. The van der Waals surface area contributed by atoms with Crippen molar-refractivity contribution in [1.29, 1.82) is 0 Å². The van der Waals surface area contributed by atoms with Crippen LogP contribution in [0.4, 0.5) is 13.2 Å². The Hall–Kier alpha value is -2.07. The van der Waals surface area contributed by atoms with Crippen LogP contribution in [0.25, 0.3) is 11.3 Å². The molecule has 2 saturated carbocycles. The lowest BCUT2D eigenvalue weighted by Crippen LogP contribution is -2.62. The van der Waals surface area contributed by atoms with Crippen molar-refractivity contribution < 1.29 is 18.3 Å². The molecule has 1 aromatic rings. The number of nitrogens with two attached hydrogens (primary N) is 1. The highest BCUT2D eigenvalue weighted by Crippen LogP contribution is 2.45. The second kappa shape index (κ2) is 6.46. The van der Waals surface area contributed by atoms with Crippen LogP contribution in [0.3, 0.4) is 0 Å². The van der Waals surface area contributed by atoms with Gasteiger partial charge in [0.25, 0.3) is 11.5 Å². The molecule has 2 heterocycles. The number of hydrogen-bond donors (Lipinski definition) is 3. The monoisotopic (exact) mass is 426 g/mol. The maximum atomic E-state index is 15.5. The van der Waals surface area contributed by atoms with Crippen LogP contribution in [0.15, 0.2) is 9.59 Å². The summed E-state index contributed by atoms with van der Waals surface area (Å²) in [4.78, 5) is 28.9. The highest BCUT2D eigenvalue weighted by Gasteiger charge is 2.54. The van der Waals surface area contributed by atoms with Gasteiger partial charge in [-0.05, 0) is 37.7 Å². The summed E-state index contributed by atoms with van der Waals surface area (Å²) < 4.78 is 45.0. The standard InChI is InChI=1S/C20H25F3N4O3/c1-8-15-12(18(29)25-19(30)27(15)10-2-3-10)14(24)13(21)16(8)26-6-9-4-5-20(22,23)17(28)11(9)7-26/h9-11,13,16-17,28H,2-7,24H2,1H3,(H,25,29,30). The van der Waals surface area contributed by atoms with E-state index in [2.05, 4.69) is 4.98 Å². The minimum absolute atomic E-state index is 0.00840. The minimum Gasteiger partial charge on any atom is -0.399 e. The number of hydrogen-bond acceptors (Lipinski definition) is 5. The molecule has 5 unspecified atom stereocenters. The van der Waals surface area contributed by atoms with Crippen LogP contribution in [0.2, 0.25) is 0 Å². The van der Waals surface area contributed by atoms with Gasteiger partial charge in [0, 0.05) is 31.5 Å². The molecule has 3 aliphatic carbocycles. The molecule has 0 bridgehead atoms. The third-order valence-corrected chi connectivity index (χ3v) is 7.34. The molecule has 3 fully saturated rings. The van der Waals surface area contributed by atoms with Crippen molar-refractivity contribution in [3.05, 3.63) is 31.4 Å². The highest BCUT2D eigenvalue weighted by atomic mass is 19.3. The van der Waals surface area contributed by atoms with E-state index in [-0.39, 0.29) is 42.3 Å². The number of rotatable bonds is 2. The zero-order valence-corrected chi connectivity index (χ0v) is 16.6. The fraction of sp³-hybridized carbons (Fsp3) is 0.700. The Labute approximate surface area is 169 Å². The molecule has 4 aliphatic rings. The Kier molecular flexibility index (Phi) is 4.28. The number of nitrogens with zero attached hydrogens (tertiary/aromatic N) is 2. The molecule has 164 valence electrons. The van der Waals surface area contributed by atoms with Gasteiger partial charge in [0.2, 0.25) is 0 Å². The summed E-state index contributed by atoms with van der Waals surface area (Å²) in [5.74, 6) is -3.96. The van der Waals surface area contributed by atoms with Crippen LogP contribution in [0.1, 0.15) is 38.6 Å². The summed E-state index contributed by atoms with van der Waals surface area (Å²) in [6, 6.07) is -0.931. The van der Waals surface area contributed by atoms with Crippen LogP contribution in [0.5, 0.6) is 0 Å². The Morgan fingerprint density at radius 1 is 1.20 bits per heavy atom. The lowest BCUT2D eigenvalue weighted by molar-refractivity contribution is -0.161. The van der Waals surface area contributed by atoms with E-state index in [4.69, 9.17) is 5.73 Å². The van der Waals surface area contributed by atoms with Crippen molar-refractivity contribution in [3.8, 4) is 0 Å². The van der Waals surface area contributed by atoms with Crippen molar-refractivity contribution in [2.45, 2.75) is 62.9 Å². The lowest BCUT2D eigenvalue weighted by Gasteiger charge is -2.36. The molecule has 10 heteroatoms. The van der Waals surface area contributed by atoms with Crippen molar-refractivity contribution in [2.24, 2.45) is 17.6 Å². The van der Waals surface area contributed by atoms with E-state index in [1.54, 1.807) is 11.8 Å². The first-order valence-corrected chi connectivity index (χ1v) is 10.4. The minimum atomic E-state index is -3.14. The van der Waals surface area contributed by atoms with Crippen LogP contribution in [0, 0.1) is 11.8 Å². The predicted molar refractivity (Wildman–Crippen MR) is 103 cm³/mol. The van der Waals surface area contributed by atoms with E-state index in [0.717, 1.165) is 12.8 Å². The number of aromatic amines is 1. The molecule has 5 rings (SSSR count). The average Bonchev–Trinajstić information content (AvgIpc) is 3.41. The van der Waals surface area contributed by atoms with E-state index >= 15 is 4.39 Å². The van der Waals surface area contributed by atoms with Gasteiger partial charge in [0.05, 0.1) is 22.3 Å². The molecule has 5 atom stereocenters. The summed E-state index contributed by atoms with van der Waals surface area (Å²) in [6.45, 7) is 2.15. The normalized spacial score (nSPS) is 36.0. The summed E-state index contributed by atoms with van der Waals surface area (Å²) in [6.07, 6.45) is -2.03. The number of halogens is 3. The smallest absolute Gasteiger partial charge is 0.329 e. The molecule has 1 aliphatic heterocycles. The van der Waals surface area contributed by atoms with E-state index in [0.29, 0.717) is 17.5 Å². The van der Waals surface area contributed by atoms with E-state index in [1.807, 2.05) is 0 Å². The Morgan fingerprint density at radius 2 is 1.90 bits per heavy atom. The molecule has 0 amide bonds. The van der Waals surface area contributed by atoms with Crippen LogP contribution in [-0.4, -0.2) is 56.9 Å². The maximum Gasteiger partial charge on any atom is 0.329 e. The van der Waals surface area contributed by atoms with Gasteiger partial charge in [0.1, 0.15) is 6.10 Å². The molecule has 0 radical (unpaired) electrons. The molecule has 1 aromatic heterocycles. The molecular formula is C20H25F3N4O3. The number of aromatic nitrogens is 2. The van der Waals surface area contributed by atoms with E-state index in [1.165, 1.54) is 4.57 Å². The van der Waals surface area contributed by atoms with Crippen molar-refractivity contribution in [2.75, 3.05) is 13.1 Å². The lowest BCUT2D eigenvalue weighted by atomic mass is 9.77. The van der Waals surface area contributed by atoms with Gasteiger partial charge >= 0.3 is 5.69 Å². The SMILES string of the molecule is CC1=c2c(c(=O)[nH]c(=O)n2C2CC2)=C(N)C(F)C1N1CC2CCC(F)(F)C(O)C2C1. The Morgan fingerprint density at radius 3 is 2.57 bits per heavy atom.